The molecule has 0 saturated carbocycles. The van der Waals surface area contributed by atoms with Gasteiger partial charge < -0.3 is 10.6 Å². The average molecular weight is 271 g/mol. The molecule has 18 heavy (non-hydrogen) atoms. The molecule has 0 spiro atoms. The van der Waals surface area contributed by atoms with E-state index < -0.39 is 5.82 Å². The maximum absolute atomic E-state index is 13.0. The zero-order valence-corrected chi connectivity index (χ0v) is 10.8. The third-order valence-corrected chi connectivity index (χ3v) is 3.38. The second-order valence-electron chi connectivity index (χ2n) is 4.48. The minimum Gasteiger partial charge on any atom is -0.349 e. The average Bonchev–Trinajstić information content (AvgIpc) is 2.61. The van der Waals surface area contributed by atoms with E-state index in [2.05, 4.69) is 10.6 Å². The molecular weight excluding hydrogens is 255 g/mol. The van der Waals surface area contributed by atoms with Crippen molar-refractivity contribution in [1.82, 2.24) is 10.6 Å². The van der Waals surface area contributed by atoms with Crippen molar-refractivity contribution in [1.29, 1.82) is 0 Å². The molecule has 2 rings (SSSR count). The van der Waals surface area contributed by atoms with E-state index in [-0.39, 0.29) is 17.0 Å². The third-order valence-electron chi connectivity index (χ3n) is 3.09. The van der Waals surface area contributed by atoms with Crippen molar-refractivity contribution in [2.75, 3.05) is 13.1 Å². The molecule has 0 aromatic heterocycles. The number of carbonyl (C=O) groups excluding carboxylic acids is 1. The summed E-state index contributed by atoms with van der Waals surface area (Å²) in [5, 5.41) is 6.22. The van der Waals surface area contributed by atoms with Gasteiger partial charge in [-0.1, -0.05) is 11.6 Å². The van der Waals surface area contributed by atoms with Crippen LogP contribution >= 0.6 is 11.6 Å². The third kappa shape index (κ3) is 3.43. The van der Waals surface area contributed by atoms with Crippen LogP contribution in [-0.4, -0.2) is 25.0 Å². The minimum atomic E-state index is -0.508. The molecule has 2 N–H and O–H groups in total. The van der Waals surface area contributed by atoms with Crippen LogP contribution in [0.4, 0.5) is 4.39 Å². The Labute approximate surface area is 111 Å². The molecule has 1 fully saturated rings. The number of carbonyl (C=O) groups is 1. The first kappa shape index (κ1) is 13.3. The Bertz CT molecular complexity index is 431. The molecule has 0 aliphatic carbocycles. The lowest BCUT2D eigenvalue weighted by atomic mass is 10.1. The smallest absolute Gasteiger partial charge is 0.251 e. The molecule has 3 nitrogen and oxygen atoms in total. The fourth-order valence-electron chi connectivity index (χ4n) is 2.07. The maximum Gasteiger partial charge on any atom is 0.251 e. The molecule has 1 atom stereocenters. The molecule has 1 aliphatic rings. The number of nitrogens with one attached hydrogen (secondary N) is 2. The predicted octanol–water partition coefficient (Wildman–Crippen LogP) is 2.35. The molecule has 0 radical (unpaired) electrons. The first-order valence-electron chi connectivity index (χ1n) is 6.13. The summed E-state index contributed by atoms with van der Waals surface area (Å²) in [5.74, 6) is -0.698. The molecule has 1 heterocycles. The molecule has 5 heteroatoms. The number of rotatable bonds is 2. The van der Waals surface area contributed by atoms with Crippen molar-refractivity contribution >= 4 is 17.5 Å². The lowest BCUT2D eigenvalue weighted by Crippen LogP contribution is -2.35. The Kier molecular flexibility index (Phi) is 4.55. The zero-order chi connectivity index (χ0) is 13.0. The highest BCUT2D eigenvalue weighted by Crippen LogP contribution is 2.16. The van der Waals surface area contributed by atoms with Crippen LogP contribution in [0.3, 0.4) is 0 Å². The highest BCUT2D eigenvalue weighted by molar-refractivity contribution is 6.31. The van der Waals surface area contributed by atoms with Crippen molar-refractivity contribution in [3.8, 4) is 0 Å². The van der Waals surface area contributed by atoms with E-state index in [0.717, 1.165) is 32.4 Å². The number of benzene rings is 1. The van der Waals surface area contributed by atoms with Gasteiger partial charge in [-0.05, 0) is 50.6 Å². The Morgan fingerprint density at radius 1 is 1.39 bits per heavy atom. The van der Waals surface area contributed by atoms with Crippen LogP contribution in [0.15, 0.2) is 18.2 Å². The largest absolute Gasteiger partial charge is 0.349 e. The summed E-state index contributed by atoms with van der Waals surface area (Å²) in [6, 6.07) is 4.20. The van der Waals surface area contributed by atoms with Crippen LogP contribution in [-0.2, 0) is 0 Å². The lowest BCUT2D eigenvalue weighted by Gasteiger charge is -2.16. The van der Waals surface area contributed by atoms with Gasteiger partial charge in [0.1, 0.15) is 5.82 Å². The van der Waals surface area contributed by atoms with Crippen molar-refractivity contribution < 1.29 is 9.18 Å². The molecule has 1 aromatic rings. The Morgan fingerprint density at radius 3 is 3.00 bits per heavy atom. The van der Waals surface area contributed by atoms with Gasteiger partial charge in [0.15, 0.2) is 0 Å². The predicted molar refractivity (Wildman–Crippen MR) is 69.4 cm³/mol. The first-order chi connectivity index (χ1) is 8.66. The molecule has 98 valence electrons. The second kappa shape index (κ2) is 6.16. The normalized spacial score (nSPS) is 20.2. The summed E-state index contributed by atoms with van der Waals surface area (Å²) >= 11 is 5.66. The van der Waals surface area contributed by atoms with Crippen LogP contribution < -0.4 is 10.6 Å². The van der Waals surface area contributed by atoms with Gasteiger partial charge in [0.05, 0.1) is 5.02 Å². The fourth-order valence-corrected chi connectivity index (χ4v) is 2.25. The number of halogens is 2. The van der Waals surface area contributed by atoms with Crippen LogP contribution in [0.5, 0.6) is 0 Å². The Hall–Kier alpha value is -1.13. The van der Waals surface area contributed by atoms with Crippen molar-refractivity contribution in [2.45, 2.75) is 25.3 Å². The van der Waals surface area contributed by atoms with E-state index in [0.29, 0.717) is 5.56 Å². The van der Waals surface area contributed by atoms with Gasteiger partial charge in [-0.3, -0.25) is 4.79 Å². The topological polar surface area (TPSA) is 41.1 Å². The summed E-state index contributed by atoms with van der Waals surface area (Å²) in [5.41, 5.74) is 0.401. The van der Waals surface area contributed by atoms with E-state index in [1.54, 1.807) is 0 Å². The molecule has 1 amide bonds. The zero-order valence-electron chi connectivity index (χ0n) is 10.0. The highest BCUT2D eigenvalue weighted by Gasteiger charge is 2.16. The standard InChI is InChI=1S/C13H16ClFN2O/c14-11-8-9(3-4-12(11)15)13(18)17-10-2-1-6-16-7-5-10/h3-4,8,10,16H,1-2,5-7H2,(H,17,18). The van der Waals surface area contributed by atoms with Gasteiger partial charge >= 0.3 is 0 Å². The maximum atomic E-state index is 13.0. The van der Waals surface area contributed by atoms with Gasteiger partial charge in [-0.15, -0.1) is 0 Å². The monoisotopic (exact) mass is 270 g/mol. The summed E-state index contributed by atoms with van der Waals surface area (Å²) in [6.07, 6.45) is 2.93. The number of hydrogen-bond acceptors (Lipinski definition) is 2. The van der Waals surface area contributed by atoms with Gasteiger partial charge in [0.2, 0.25) is 0 Å². The van der Waals surface area contributed by atoms with Crippen molar-refractivity contribution in [3.63, 3.8) is 0 Å². The van der Waals surface area contributed by atoms with E-state index in [9.17, 15) is 9.18 Å². The van der Waals surface area contributed by atoms with E-state index in [1.165, 1.54) is 18.2 Å². The van der Waals surface area contributed by atoms with Gasteiger partial charge in [-0.25, -0.2) is 4.39 Å². The quantitative estimate of drug-likeness (QED) is 0.866. The van der Waals surface area contributed by atoms with Crippen LogP contribution in [0.2, 0.25) is 5.02 Å². The lowest BCUT2D eigenvalue weighted by molar-refractivity contribution is 0.0934. The van der Waals surface area contributed by atoms with Crippen molar-refractivity contribution in [3.05, 3.63) is 34.6 Å². The van der Waals surface area contributed by atoms with Crippen LogP contribution in [0.25, 0.3) is 0 Å². The summed E-state index contributed by atoms with van der Waals surface area (Å²) in [6.45, 7) is 1.91. The highest BCUT2D eigenvalue weighted by atomic mass is 35.5. The van der Waals surface area contributed by atoms with Gasteiger partial charge in [0.25, 0.3) is 5.91 Å². The Morgan fingerprint density at radius 2 is 2.22 bits per heavy atom. The number of amides is 1. The van der Waals surface area contributed by atoms with E-state index in [1.807, 2.05) is 0 Å². The summed E-state index contributed by atoms with van der Waals surface area (Å²) in [4.78, 5) is 12.0. The van der Waals surface area contributed by atoms with Crippen molar-refractivity contribution in [2.24, 2.45) is 0 Å². The van der Waals surface area contributed by atoms with Crippen LogP contribution in [0, 0.1) is 5.82 Å². The molecular formula is C13H16ClFN2O. The van der Waals surface area contributed by atoms with Gasteiger partial charge in [-0.2, -0.15) is 0 Å². The second-order valence-corrected chi connectivity index (χ2v) is 4.89. The SMILES string of the molecule is O=C(NC1CCCNCC1)c1ccc(F)c(Cl)c1. The number of hydrogen-bond donors (Lipinski definition) is 2. The fraction of sp³-hybridized carbons (Fsp3) is 0.462. The van der Waals surface area contributed by atoms with E-state index in [4.69, 9.17) is 11.6 Å². The Balaban J connectivity index is 1.99. The first-order valence-corrected chi connectivity index (χ1v) is 6.51. The summed E-state index contributed by atoms with van der Waals surface area (Å²) < 4.78 is 13.0. The van der Waals surface area contributed by atoms with Gasteiger partial charge in [0, 0.05) is 11.6 Å². The molecule has 1 unspecified atom stereocenters. The molecule has 1 aromatic carbocycles. The van der Waals surface area contributed by atoms with Crippen LogP contribution in [0.1, 0.15) is 29.6 Å². The minimum absolute atomic E-state index is 0.0230. The summed E-state index contributed by atoms with van der Waals surface area (Å²) in [7, 11) is 0. The molecule has 1 saturated heterocycles. The molecule has 0 bridgehead atoms. The molecule has 1 aliphatic heterocycles. The van der Waals surface area contributed by atoms with E-state index >= 15 is 0 Å².